The minimum atomic E-state index is 0.0916. The fourth-order valence-corrected chi connectivity index (χ4v) is 2.62. The van der Waals surface area contributed by atoms with Crippen molar-refractivity contribution in [2.45, 2.75) is 45.3 Å². The molecule has 19 heavy (non-hydrogen) atoms. The number of nitrogens with one attached hydrogen (secondary N) is 1. The summed E-state index contributed by atoms with van der Waals surface area (Å²) >= 11 is 0. The van der Waals surface area contributed by atoms with E-state index in [4.69, 9.17) is 9.47 Å². The van der Waals surface area contributed by atoms with Gasteiger partial charge in [-0.25, -0.2) is 0 Å². The second kappa shape index (κ2) is 6.40. The first-order valence-electron chi connectivity index (χ1n) is 7.33. The van der Waals surface area contributed by atoms with Crippen LogP contribution in [0.3, 0.4) is 0 Å². The van der Waals surface area contributed by atoms with Gasteiger partial charge < -0.3 is 14.8 Å². The van der Waals surface area contributed by atoms with E-state index in [0.29, 0.717) is 6.61 Å². The van der Waals surface area contributed by atoms with Gasteiger partial charge in [-0.3, -0.25) is 0 Å². The Bertz CT molecular complexity index is 391. The second-order valence-corrected chi connectivity index (χ2v) is 5.14. The molecule has 1 atom stereocenters. The van der Waals surface area contributed by atoms with E-state index in [9.17, 15) is 0 Å². The Morgan fingerprint density at radius 3 is 2.58 bits per heavy atom. The van der Waals surface area contributed by atoms with E-state index in [1.165, 1.54) is 0 Å². The average Bonchev–Trinajstić information content (AvgIpc) is 2.48. The van der Waals surface area contributed by atoms with E-state index in [1.807, 2.05) is 25.1 Å². The van der Waals surface area contributed by atoms with Gasteiger partial charge in [-0.1, -0.05) is 32.0 Å². The molecule has 1 heterocycles. The molecule has 1 aromatic rings. The quantitative estimate of drug-likeness (QED) is 0.884. The van der Waals surface area contributed by atoms with Crippen LogP contribution in [0.25, 0.3) is 0 Å². The van der Waals surface area contributed by atoms with Crippen LogP contribution in [0.4, 0.5) is 0 Å². The highest BCUT2D eigenvalue weighted by molar-refractivity contribution is 5.35. The molecular weight excluding hydrogens is 238 g/mol. The molecule has 1 N–H and O–H groups in total. The van der Waals surface area contributed by atoms with Crippen molar-refractivity contribution in [3.05, 3.63) is 29.8 Å². The zero-order valence-electron chi connectivity index (χ0n) is 12.2. The Morgan fingerprint density at radius 2 is 2.00 bits per heavy atom. The Morgan fingerprint density at radius 1 is 1.26 bits per heavy atom. The lowest BCUT2D eigenvalue weighted by Gasteiger charge is -2.40. The van der Waals surface area contributed by atoms with Crippen LogP contribution in [0, 0.1) is 0 Å². The molecule has 3 heteroatoms. The first kappa shape index (κ1) is 14.4. The highest BCUT2D eigenvalue weighted by Gasteiger charge is 2.33. The number of ether oxygens (including phenoxy) is 2. The lowest BCUT2D eigenvalue weighted by molar-refractivity contribution is -0.0384. The van der Waals surface area contributed by atoms with Crippen LogP contribution >= 0.6 is 0 Å². The minimum Gasteiger partial charge on any atom is -0.493 e. The van der Waals surface area contributed by atoms with Crippen LogP contribution in [-0.2, 0) is 4.74 Å². The molecule has 1 aromatic carbocycles. The smallest absolute Gasteiger partial charge is 0.125 e. The Balaban J connectivity index is 2.09. The van der Waals surface area contributed by atoms with Gasteiger partial charge in [0, 0.05) is 17.6 Å². The molecule has 0 spiro atoms. The predicted octanol–water partition coefficient (Wildman–Crippen LogP) is 3.31. The van der Waals surface area contributed by atoms with E-state index >= 15 is 0 Å². The molecule has 0 amide bonds. The molecule has 1 aliphatic rings. The first-order chi connectivity index (χ1) is 9.24. The predicted molar refractivity (Wildman–Crippen MR) is 77.6 cm³/mol. The highest BCUT2D eigenvalue weighted by atomic mass is 16.5. The minimum absolute atomic E-state index is 0.0916. The number of hydrogen-bond donors (Lipinski definition) is 1. The molecule has 106 valence electrons. The van der Waals surface area contributed by atoms with Gasteiger partial charge >= 0.3 is 0 Å². The lowest BCUT2D eigenvalue weighted by Crippen LogP contribution is -2.54. The maximum absolute atomic E-state index is 6.11. The summed E-state index contributed by atoms with van der Waals surface area (Å²) in [4.78, 5) is 0. The molecular formula is C16H25NO2. The van der Waals surface area contributed by atoms with Crippen molar-refractivity contribution >= 4 is 0 Å². The van der Waals surface area contributed by atoms with Gasteiger partial charge in [-0.05, 0) is 25.8 Å². The topological polar surface area (TPSA) is 30.5 Å². The fraction of sp³-hybridized carbons (Fsp3) is 0.625. The molecule has 1 fully saturated rings. The van der Waals surface area contributed by atoms with Crippen LogP contribution in [-0.4, -0.2) is 25.3 Å². The summed E-state index contributed by atoms with van der Waals surface area (Å²) in [5, 5.41) is 3.67. The van der Waals surface area contributed by atoms with E-state index in [0.717, 1.165) is 37.3 Å². The third-order valence-electron chi connectivity index (χ3n) is 4.14. The largest absolute Gasteiger partial charge is 0.493 e. The molecule has 2 rings (SSSR count). The summed E-state index contributed by atoms with van der Waals surface area (Å²) < 4.78 is 11.8. The van der Waals surface area contributed by atoms with Gasteiger partial charge in [-0.15, -0.1) is 0 Å². The van der Waals surface area contributed by atoms with Crippen LogP contribution in [0.1, 0.15) is 45.3 Å². The Kier molecular flexibility index (Phi) is 4.83. The standard InChI is InChI=1S/C16H25NO2/c1-4-16(5-2)12-19-15(11-17-16)13-9-7-8-10-14(13)18-6-3/h7-10,15,17H,4-6,11-12H2,1-3H3. The van der Waals surface area contributed by atoms with Crippen molar-refractivity contribution in [2.24, 2.45) is 0 Å². The molecule has 3 nitrogen and oxygen atoms in total. The second-order valence-electron chi connectivity index (χ2n) is 5.14. The molecule has 1 saturated heterocycles. The van der Waals surface area contributed by atoms with Crippen molar-refractivity contribution in [3.8, 4) is 5.75 Å². The van der Waals surface area contributed by atoms with Crippen LogP contribution < -0.4 is 10.1 Å². The molecule has 0 aromatic heterocycles. The molecule has 0 aliphatic carbocycles. The van der Waals surface area contributed by atoms with Gasteiger partial charge in [-0.2, -0.15) is 0 Å². The van der Waals surface area contributed by atoms with Gasteiger partial charge in [0.15, 0.2) is 0 Å². The zero-order chi connectivity index (χ0) is 13.7. The van der Waals surface area contributed by atoms with Gasteiger partial charge in [0.2, 0.25) is 0 Å². The number of para-hydroxylation sites is 1. The number of rotatable bonds is 5. The third kappa shape index (κ3) is 3.10. The first-order valence-corrected chi connectivity index (χ1v) is 7.33. The Labute approximate surface area is 116 Å². The maximum Gasteiger partial charge on any atom is 0.125 e. The monoisotopic (exact) mass is 263 g/mol. The van der Waals surface area contributed by atoms with Gasteiger partial charge in [0.05, 0.1) is 19.3 Å². The van der Waals surface area contributed by atoms with Gasteiger partial charge in [0.1, 0.15) is 5.75 Å². The number of morpholine rings is 1. The molecule has 1 aliphatic heterocycles. The summed E-state index contributed by atoms with van der Waals surface area (Å²) in [6.07, 6.45) is 2.29. The van der Waals surface area contributed by atoms with Crippen molar-refractivity contribution in [3.63, 3.8) is 0 Å². The van der Waals surface area contributed by atoms with Crippen molar-refractivity contribution in [1.82, 2.24) is 5.32 Å². The molecule has 0 bridgehead atoms. The number of hydrogen-bond acceptors (Lipinski definition) is 3. The third-order valence-corrected chi connectivity index (χ3v) is 4.14. The fourth-order valence-electron chi connectivity index (χ4n) is 2.62. The Hall–Kier alpha value is -1.06. The SMILES string of the molecule is CCOc1ccccc1C1CNC(CC)(CC)CO1. The van der Waals surface area contributed by atoms with E-state index in [1.54, 1.807) is 0 Å². The van der Waals surface area contributed by atoms with Crippen molar-refractivity contribution in [1.29, 1.82) is 0 Å². The summed E-state index contributed by atoms with van der Waals surface area (Å²) in [7, 11) is 0. The van der Waals surface area contributed by atoms with Crippen LogP contribution in [0.15, 0.2) is 24.3 Å². The summed E-state index contributed by atoms with van der Waals surface area (Å²) in [5.74, 6) is 0.942. The molecule has 0 saturated carbocycles. The van der Waals surface area contributed by atoms with Crippen LogP contribution in [0.2, 0.25) is 0 Å². The molecule has 1 unspecified atom stereocenters. The summed E-state index contributed by atoms with van der Waals surface area (Å²) in [6, 6.07) is 8.17. The maximum atomic E-state index is 6.11. The van der Waals surface area contributed by atoms with E-state index in [-0.39, 0.29) is 11.6 Å². The van der Waals surface area contributed by atoms with E-state index < -0.39 is 0 Å². The summed E-state index contributed by atoms with van der Waals surface area (Å²) in [5.41, 5.74) is 1.30. The van der Waals surface area contributed by atoms with Crippen LogP contribution in [0.5, 0.6) is 5.75 Å². The highest BCUT2D eigenvalue weighted by Crippen LogP contribution is 2.32. The average molecular weight is 263 g/mol. The summed E-state index contributed by atoms with van der Waals surface area (Å²) in [6.45, 7) is 8.75. The van der Waals surface area contributed by atoms with E-state index in [2.05, 4.69) is 25.2 Å². The van der Waals surface area contributed by atoms with Crippen molar-refractivity contribution < 1.29 is 9.47 Å². The normalized spacial score (nSPS) is 22.2. The zero-order valence-corrected chi connectivity index (χ0v) is 12.2. The molecule has 0 radical (unpaired) electrons. The number of benzene rings is 1. The van der Waals surface area contributed by atoms with Gasteiger partial charge in [0.25, 0.3) is 0 Å². The lowest BCUT2D eigenvalue weighted by atomic mass is 9.91. The van der Waals surface area contributed by atoms with Crippen molar-refractivity contribution in [2.75, 3.05) is 19.8 Å².